The molecule has 0 bridgehead atoms. The van der Waals surface area contributed by atoms with Crippen LogP contribution >= 0.6 is 0 Å². The van der Waals surface area contributed by atoms with Gasteiger partial charge in [0, 0.05) is 27.8 Å². The van der Waals surface area contributed by atoms with Crippen LogP contribution in [0.4, 0.5) is 0 Å². The third-order valence-electron chi connectivity index (χ3n) is 2.07. The first-order valence-electron chi connectivity index (χ1n) is 4.53. The smallest absolute Gasteiger partial charge is 0.0470 e. The molecule has 0 aromatic carbocycles. The lowest BCUT2D eigenvalue weighted by molar-refractivity contribution is 0.578. The van der Waals surface area contributed by atoms with Gasteiger partial charge in [-0.25, -0.2) is 0 Å². The van der Waals surface area contributed by atoms with Crippen LogP contribution in [0, 0.1) is 5.92 Å². The molecule has 74 valence electrons. The van der Waals surface area contributed by atoms with E-state index in [1.165, 1.54) is 0 Å². The molecule has 0 rings (SSSR count). The number of rotatable bonds is 5. The Hall–Kier alpha value is 0.110. The molecule has 0 radical (unpaired) electrons. The Morgan fingerprint density at radius 1 is 1.25 bits per heavy atom. The summed E-state index contributed by atoms with van der Waals surface area (Å²) >= 11 is 0. The number of hydrogen-bond donors (Lipinski definition) is 1. The summed E-state index contributed by atoms with van der Waals surface area (Å²) in [6.07, 6.45) is 0. The van der Waals surface area contributed by atoms with E-state index < -0.39 is 10.8 Å². The molecule has 0 aromatic rings. The minimum absolute atomic E-state index is 0.248. The van der Waals surface area contributed by atoms with Crippen LogP contribution in [0.15, 0.2) is 0 Å². The number of nitrogens with one attached hydrogen (secondary N) is 1. The highest BCUT2D eigenvalue weighted by Gasteiger charge is 2.17. The predicted molar refractivity (Wildman–Crippen MR) is 55.8 cm³/mol. The van der Waals surface area contributed by atoms with Crippen molar-refractivity contribution in [2.45, 2.75) is 39.0 Å². The zero-order valence-corrected chi connectivity index (χ0v) is 9.57. The van der Waals surface area contributed by atoms with Crippen molar-refractivity contribution in [3.05, 3.63) is 0 Å². The molecule has 0 saturated heterocycles. The zero-order chi connectivity index (χ0) is 9.72. The SMILES string of the molecule is CNC(C)C(C)S(=O)CC(C)C. The van der Waals surface area contributed by atoms with Crippen molar-refractivity contribution >= 4 is 10.8 Å². The van der Waals surface area contributed by atoms with Crippen molar-refractivity contribution in [1.29, 1.82) is 0 Å². The van der Waals surface area contributed by atoms with E-state index in [0.717, 1.165) is 5.75 Å². The first-order valence-corrected chi connectivity index (χ1v) is 5.91. The summed E-state index contributed by atoms with van der Waals surface area (Å²) in [6.45, 7) is 8.33. The quantitative estimate of drug-likeness (QED) is 0.711. The van der Waals surface area contributed by atoms with Gasteiger partial charge in [-0.3, -0.25) is 4.21 Å². The summed E-state index contributed by atoms with van der Waals surface area (Å²) < 4.78 is 11.6. The lowest BCUT2D eigenvalue weighted by atomic mass is 10.2. The Bertz CT molecular complexity index is 147. The molecule has 0 heterocycles. The first kappa shape index (κ1) is 12.1. The molecule has 3 atom stereocenters. The molecule has 0 aliphatic rings. The predicted octanol–water partition coefficient (Wildman–Crippen LogP) is 1.39. The molecule has 0 amide bonds. The largest absolute Gasteiger partial charge is 0.316 e. The third kappa shape index (κ3) is 4.21. The Balaban J connectivity index is 3.92. The van der Waals surface area contributed by atoms with Crippen molar-refractivity contribution in [1.82, 2.24) is 5.32 Å². The molecule has 1 N–H and O–H groups in total. The van der Waals surface area contributed by atoms with Crippen LogP contribution in [-0.4, -0.2) is 28.3 Å². The van der Waals surface area contributed by atoms with E-state index in [0.29, 0.717) is 12.0 Å². The van der Waals surface area contributed by atoms with Crippen LogP contribution in [0.1, 0.15) is 27.7 Å². The molecule has 3 unspecified atom stereocenters. The topological polar surface area (TPSA) is 29.1 Å². The van der Waals surface area contributed by atoms with E-state index in [4.69, 9.17) is 0 Å². The monoisotopic (exact) mass is 191 g/mol. The highest BCUT2D eigenvalue weighted by Crippen LogP contribution is 2.06. The Morgan fingerprint density at radius 3 is 2.08 bits per heavy atom. The lowest BCUT2D eigenvalue weighted by Gasteiger charge is -2.19. The molecule has 0 fully saturated rings. The maximum Gasteiger partial charge on any atom is 0.0470 e. The van der Waals surface area contributed by atoms with Crippen LogP contribution < -0.4 is 5.32 Å². The van der Waals surface area contributed by atoms with Gasteiger partial charge in [-0.2, -0.15) is 0 Å². The second-order valence-corrected chi connectivity index (χ2v) is 5.56. The van der Waals surface area contributed by atoms with Crippen molar-refractivity contribution in [2.75, 3.05) is 12.8 Å². The van der Waals surface area contributed by atoms with Crippen LogP contribution in [0.3, 0.4) is 0 Å². The molecule has 0 spiro atoms. The van der Waals surface area contributed by atoms with Gasteiger partial charge in [-0.15, -0.1) is 0 Å². The van der Waals surface area contributed by atoms with Gasteiger partial charge in [0.15, 0.2) is 0 Å². The average Bonchev–Trinajstić information content (AvgIpc) is 2.00. The lowest BCUT2D eigenvalue weighted by Crippen LogP contribution is -2.37. The molecule has 0 saturated carbocycles. The molecule has 2 nitrogen and oxygen atoms in total. The van der Waals surface area contributed by atoms with E-state index in [2.05, 4.69) is 26.1 Å². The average molecular weight is 191 g/mol. The van der Waals surface area contributed by atoms with Crippen LogP contribution in [0.2, 0.25) is 0 Å². The summed E-state index contributed by atoms with van der Waals surface area (Å²) in [5.41, 5.74) is 0. The van der Waals surface area contributed by atoms with Gasteiger partial charge in [0.05, 0.1) is 0 Å². The third-order valence-corrected chi connectivity index (χ3v) is 4.30. The Kier molecular flexibility index (Phi) is 5.76. The molecule has 3 heteroatoms. The Morgan fingerprint density at radius 2 is 1.75 bits per heavy atom. The van der Waals surface area contributed by atoms with E-state index >= 15 is 0 Å². The summed E-state index contributed by atoms with van der Waals surface area (Å²) in [5, 5.41) is 3.37. The van der Waals surface area contributed by atoms with Gasteiger partial charge in [0.25, 0.3) is 0 Å². The highest BCUT2D eigenvalue weighted by molar-refractivity contribution is 7.85. The number of hydrogen-bond acceptors (Lipinski definition) is 2. The molecule has 0 aromatic heterocycles. The van der Waals surface area contributed by atoms with Crippen LogP contribution in [-0.2, 0) is 10.8 Å². The normalized spacial score (nSPS) is 19.2. The minimum atomic E-state index is -0.687. The second kappa shape index (κ2) is 5.70. The standard InChI is InChI=1S/C9H21NOS/c1-7(2)6-12(11)9(4)8(3)10-5/h7-10H,6H2,1-5H3. The summed E-state index contributed by atoms with van der Waals surface area (Å²) in [6, 6.07) is 0.338. The fourth-order valence-corrected chi connectivity index (χ4v) is 2.49. The van der Waals surface area contributed by atoms with Gasteiger partial charge in [-0.1, -0.05) is 13.8 Å². The van der Waals surface area contributed by atoms with E-state index in [9.17, 15) is 4.21 Å². The fraction of sp³-hybridized carbons (Fsp3) is 1.00. The van der Waals surface area contributed by atoms with Crippen molar-refractivity contribution < 1.29 is 4.21 Å². The molecule has 0 aliphatic carbocycles. The molecular formula is C9H21NOS. The minimum Gasteiger partial charge on any atom is -0.316 e. The molecular weight excluding hydrogens is 170 g/mol. The van der Waals surface area contributed by atoms with E-state index in [1.807, 2.05) is 14.0 Å². The van der Waals surface area contributed by atoms with Gasteiger partial charge >= 0.3 is 0 Å². The Labute approximate surface area is 78.6 Å². The van der Waals surface area contributed by atoms with Crippen molar-refractivity contribution in [2.24, 2.45) is 5.92 Å². The summed E-state index contributed by atoms with van der Waals surface area (Å²) in [4.78, 5) is 0. The molecule has 12 heavy (non-hydrogen) atoms. The van der Waals surface area contributed by atoms with Crippen molar-refractivity contribution in [3.8, 4) is 0 Å². The second-order valence-electron chi connectivity index (χ2n) is 3.72. The van der Waals surface area contributed by atoms with Gasteiger partial charge < -0.3 is 5.32 Å². The maximum absolute atomic E-state index is 11.6. The fourth-order valence-electron chi connectivity index (χ4n) is 0.943. The summed E-state index contributed by atoms with van der Waals surface area (Å²) in [7, 11) is 1.22. The van der Waals surface area contributed by atoms with Gasteiger partial charge in [0.2, 0.25) is 0 Å². The van der Waals surface area contributed by atoms with E-state index in [1.54, 1.807) is 0 Å². The zero-order valence-electron chi connectivity index (χ0n) is 8.76. The van der Waals surface area contributed by atoms with Crippen molar-refractivity contribution in [3.63, 3.8) is 0 Å². The maximum atomic E-state index is 11.6. The first-order chi connectivity index (χ1) is 5.49. The van der Waals surface area contributed by atoms with Crippen LogP contribution in [0.25, 0.3) is 0 Å². The van der Waals surface area contributed by atoms with Gasteiger partial charge in [0.1, 0.15) is 0 Å². The van der Waals surface area contributed by atoms with Crippen LogP contribution in [0.5, 0.6) is 0 Å². The molecule has 0 aliphatic heterocycles. The summed E-state index contributed by atoms with van der Waals surface area (Å²) in [5.74, 6) is 1.34. The highest BCUT2D eigenvalue weighted by atomic mass is 32.2. The van der Waals surface area contributed by atoms with E-state index in [-0.39, 0.29) is 5.25 Å². The van der Waals surface area contributed by atoms with Gasteiger partial charge in [-0.05, 0) is 26.8 Å².